The van der Waals surface area contributed by atoms with Crippen LogP contribution in [0.5, 0.6) is 5.75 Å². The predicted molar refractivity (Wildman–Crippen MR) is 87.5 cm³/mol. The molecular weight excluding hydrogens is 340 g/mol. The van der Waals surface area contributed by atoms with E-state index in [1.807, 2.05) is 18.2 Å². The summed E-state index contributed by atoms with van der Waals surface area (Å²) in [6.07, 6.45) is 3.70. The maximum Gasteiger partial charge on any atom is 0.133 e. The molecule has 0 saturated carbocycles. The van der Waals surface area contributed by atoms with Crippen molar-refractivity contribution in [1.29, 1.82) is 0 Å². The van der Waals surface area contributed by atoms with Crippen molar-refractivity contribution in [3.63, 3.8) is 0 Å². The van der Waals surface area contributed by atoms with Gasteiger partial charge in [-0.15, -0.1) is 0 Å². The standard InChI is InChI=1S/C15H22BrClN2O/c16-14-11-13(17)1-2-15(14)20-10-9-19-7-4-12(3-6-18)5-8-19/h1-2,11-12H,3-10,18H2. The third-order valence-electron chi connectivity index (χ3n) is 3.84. The predicted octanol–water partition coefficient (Wildman–Crippen LogP) is 3.54. The lowest BCUT2D eigenvalue weighted by Gasteiger charge is -2.31. The number of likely N-dealkylation sites (tertiary alicyclic amines) is 1. The van der Waals surface area contributed by atoms with Gasteiger partial charge in [0.1, 0.15) is 12.4 Å². The van der Waals surface area contributed by atoms with Crippen LogP contribution in [0.15, 0.2) is 22.7 Å². The van der Waals surface area contributed by atoms with Crippen LogP contribution >= 0.6 is 27.5 Å². The van der Waals surface area contributed by atoms with E-state index in [-0.39, 0.29) is 0 Å². The molecule has 1 aromatic carbocycles. The smallest absolute Gasteiger partial charge is 0.133 e. The number of nitrogens with zero attached hydrogens (tertiary/aromatic N) is 1. The Balaban J connectivity index is 1.69. The van der Waals surface area contributed by atoms with E-state index < -0.39 is 0 Å². The lowest BCUT2D eigenvalue weighted by molar-refractivity contribution is 0.152. The number of rotatable bonds is 6. The molecule has 1 aliphatic rings. The number of piperidine rings is 1. The molecule has 0 unspecified atom stereocenters. The molecule has 1 aliphatic heterocycles. The highest BCUT2D eigenvalue weighted by Gasteiger charge is 2.18. The SMILES string of the molecule is NCCC1CCN(CCOc2ccc(Cl)cc2Br)CC1. The van der Waals surface area contributed by atoms with Crippen molar-refractivity contribution >= 4 is 27.5 Å². The van der Waals surface area contributed by atoms with Crippen molar-refractivity contribution in [1.82, 2.24) is 4.90 Å². The van der Waals surface area contributed by atoms with Crippen molar-refractivity contribution < 1.29 is 4.74 Å². The van der Waals surface area contributed by atoms with Crippen LogP contribution < -0.4 is 10.5 Å². The number of hydrogen-bond acceptors (Lipinski definition) is 3. The van der Waals surface area contributed by atoms with Crippen LogP contribution in [0.4, 0.5) is 0 Å². The zero-order valence-electron chi connectivity index (χ0n) is 11.7. The molecule has 1 aromatic rings. The van der Waals surface area contributed by atoms with Crippen molar-refractivity contribution in [3.8, 4) is 5.75 Å². The van der Waals surface area contributed by atoms with Gasteiger partial charge < -0.3 is 10.5 Å². The van der Waals surface area contributed by atoms with E-state index in [9.17, 15) is 0 Å². The molecule has 1 saturated heterocycles. The number of nitrogens with two attached hydrogens (primary N) is 1. The van der Waals surface area contributed by atoms with Crippen LogP contribution in [0.2, 0.25) is 5.02 Å². The van der Waals surface area contributed by atoms with E-state index in [1.54, 1.807) is 0 Å². The largest absolute Gasteiger partial charge is 0.491 e. The first kappa shape index (κ1) is 16.1. The molecule has 0 amide bonds. The molecule has 0 aromatic heterocycles. The zero-order valence-corrected chi connectivity index (χ0v) is 14.0. The van der Waals surface area contributed by atoms with E-state index in [2.05, 4.69) is 20.8 Å². The molecule has 112 valence electrons. The fourth-order valence-electron chi connectivity index (χ4n) is 2.61. The quantitative estimate of drug-likeness (QED) is 0.842. The summed E-state index contributed by atoms with van der Waals surface area (Å²) in [6.45, 7) is 4.83. The van der Waals surface area contributed by atoms with E-state index in [0.717, 1.165) is 42.3 Å². The molecule has 20 heavy (non-hydrogen) atoms. The first-order chi connectivity index (χ1) is 9.69. The molecule has 3 nitrogen and oxygen atoms in total. The Hall–Kier alpha value is -0.290. The van der Waals surface area contributed by atoms with Gasteiger partial charge >= 0.3 is 0 Å². The molecule has 0 bridgehead atoms. The van der Waals surface area contributed by atoms with Gasteiger partial charge in [0.15, 0.2) is 0 Å². The van der Waals surface area contributed by atoms with E-state index >= 15 is 0 Å². The fourth-order valence-corrected chi connectivity index (χ4v) is 3.41. The molecule has 0 spiro atoms. The molecule has 1 heterocycles. The van der Waals surface area contributed by atoms with Crippen molar-refractivity contribution in [2.45, 2.75) is 19.3 Å². The first-order valence-corrected chi connectivity index (χ1v) is 8.36. The summed E-state index contributed by atoms with van der Waals surface area (Å²) in [5, 5.41) is 0.714. The highest BCUT2D eigenvalue weighted by atomic mass is 79.9. The minimum atomic E-state index is 0.710. The van der Waals surface area contributed by atoms with Crippen molar-refractivity contribution in [2.75, 3.05) is 32.8 Å². The highest BCUT2D eigenvalue weighted by molar-refractivity contribution is 9.10. The minimum absolute atomic E-state index is 0.710. The van der Waals surface area contributed by atoms with Gasteiger partial charge in [-0.05, 0) is 78.9 Å². The van der Waals surface area contributed by atoms with Crippen LogP contribution in [-0.2, 0) is 0 Å². The normalized spacial score (nSPS) is 17.4. The number of hydrogen-bond donors (Lipinski definition) is 1. The summed E-state index contributed by atoms with van der Waals surface area (Å²) in [7, 11) is 0. The Morgan fingerprint density at radius 2 is 2.10 bits per heavy atom. The van der Waals surface area contributed by atoms with Gasteiger partial charge in [0.25, 0.3) is 0 Å². The molecular formula is C15H22BrClN2O. The van der Waals surface area contributed by atoms with Gasteiger partial charge in [-0.3, -0.25) is 4.90 Å². The Labute approximate surface area is 134 Å². The Morgan fingerprint density at radius 3 is 2.75 bits per heavy atom. The lowest BCUT2D eigenvalue weighted by atomic mass is 9.94. The number of halogens is 2. The molecule has 5 heteroatoms. The second-order valence-electron chi connectivity index (χ2n) is 5.29. The summed E-state index contributed by atoms with van der Waals surface area (Å²) in [5.41, 5.74) is 5.62. The third kappa shape index (κ3) is 4.92. The topological polar surface area (TPSA) is 38.5 Å². The van der Waals surface area contributed by atoms with Gasteiger partial charge in [0, 0.05) is 11.6 Å². The number of ether oxygens (including phenoxy) is 1. The van der Waals surface area contributed by atoms with Crippen LogP contribution in [0.25, 0.3) is 0 Å². The summed E-state index contributed by atoms with van der Waals surface area (Å²) in [4.78, 5) is 2.47. The molecule has 2 rings (SSSR count). The number of benzene rings is 1. The van der Waals surface area contributed by atoms with Crippen molar-refractivity contribution in [3.05, 3.63) is 27.7 Å². The maximum absolute atomic E-state index is 5.91. The minimum Gasteiger partial charge on any atom is -0.491 e. The van der Waals surface area contributed by atoms with E-state index in [1.165, 1.54) is 19.3 Å². The van der Waals surface area contributed by atoms with Gasteiger partial charge in [0.2, 0.25) is 0 Å². The lowest BCUT2D eigenvalue weighted by Crippen LogP contribution is -2.36. The third-order valence-corrected chi connectivity index (χ3v) is 4.70. The van der Waals surface area contributed by atoms with Gasteiger partial charge in [-0.25, -0.2) is 0 Å². The van der Waals surface area contributed by atoms with Crippen molar-refractivity contribution in [2.24, 2.45) is 11.7 Å². The molecule has 0 atom stereocenters. The Bertz CT molecular complexity index is 422. The van der Waals surface area contributed by atoms with Crippen LogP contribution in [-0.4, -0.2) is 37.7 Å². The van der Waals surface area contributed by atoms with Crippen LogP contribution in [0.3, 0.4) is 0 Å². The second kappa shape index (κ2) is 8.23. The van der Waals surface area contributed by atoms with Crippen LogP contribution in [0.1, 0.15) is 19.3 Å². The summed E-state index contributed by atoms with van der Waals surface area (Å²) >= 11 is 9.37. The van der Waals surface area contributed by atoms with E-state index in [0.29, 0.717) is 11.6 Å². The van der Waals surface area contributed by atoms with Gasteiger partial charge in [0.05, 0.1) is 4.47 Å². The Kier molecular flexibility index (Phi) is 6.62. The van der Waals surface area contributed by atoms with Gasteiger partial charge in [-0.1, -0.05) is 11.6 Å². The Morgan fingerprint density at radius 1 is 1.35 bits per heavy atom. The second-order valence-corrected chi connectivity index (χ2v) is 6.58. The molecule has 2 N–H and O–H groups in total. The summed E-state index contributed by atoms with van der Waals surface area (Å²) in [5.74, 6) is 1.68. The van der Waals surface area contributed by atoms with E-state index in [4.69, 9.17) is 22.1 Å². The molecule has 0 aliphatic carbocycles. The summed E-state index contributed by atoms with van der Waals surface area (Å²) < 4.78 is 6.71. The maximum atomic E-state index is 5.91. The summed E-state index contributed by atoms with van der Waals surface area (Å²) in [6, 6.07) is 5.61. The van der Waals surface area contributed by atoms with Gasteiger partial charge in [-0.2, -0.15) is 0 Å². The highest BCUT2D eigenvalue weighted by Crippen LogP contribution is 2.28. The monoisotopic (exact) mass is 360 g/mol. The zero-order chi connectivity index (χ0) is 14.4. The molecule has 1 fully saturated rings. The fraction of sp³-hybridized carbons (Fsp3) is 0.600. The first-order valence-electron chi connectivity index (χ1n) is 7.19. The molecule has 0 radical (unpaired) electrons. The van der Waals surface area contributed by atoms with Crippen LogP contribution in [0, 0.1) is 5.92 Å². The average Bonchev–Trinajstić information content (AvgIpc) is 2.43. The average molecular weight is 362 g/mol.